The van der Waals surface area contributed by atoms with Gasteiger partial charge in [0.15, 0.2) is 5.82 Å². The van der Waals surface area contributed by atoms with Crippen LogP contribution in [-0.2, 0) is 27.8 Å². The predicted molar refractivity (Wildman–Crippen MR) is 109 cm³/mol. The molecule has 1 aliphatic heterocycles. The highest BCUT2D eigenvalue weighted by Gasteiger charge is 2.43. The highest BCUT2D eigenvalue weighted by molar-refractivity contribution is 7.89. The molecule has 2 aromatic carbocycles. The van der Waals surface area contributed by atoms with Gasteiger partial charge in [-0.3, -0.25) is 4.79 Å². The van der Waals surface area contributed by atoms with Gasteiger partial charge in [-0.2, -0.15) is 9.29 Å². The van der Waals surface area contributed by atoms with Crippen LogP contribution in [0.4, 0.5) is 4.39 Å². The van der Waals surface area contributed by atoms with Gasteiger partial charge in [-0.15, -0.1) is 0 Å². The molecule has 1 aromatic heterocycles. The summed E-state index contributed by atoms with van der Waals surface area (Å²) in [6, 6.07) is 13.4. The Morgan fingerprint density at radius 2 is 1.81 bits per heavy atom. The minimum Gasteiger partial charge on any atom is -0.339 e. The molecule has 31 heavy (non-hydrogen) atoms. The average Bonchev–Trinajstić information content (AvgIpc) is 3.16. The predicted octanol–water partition coefficient (Wildman–Crippen LogP) is 2.16. The van der Waals surface area contributed by atoms with Crippen LogP contribution in [0.15, 0.2) is 64.0 Å². The van der Waals surface area contributed by atoms with Gasteiger partial charge in [0.25, 0.3) is 0 Å². The second-order valence-corrected chi connectivity index (χ2v) is 9.11. The molecule has 1 amide bonds. The number of sulfonamides is 1. The Hall–Kier alpha value is -3.11. The molecule has 4 rings (SSSR count). The number of nitrogens with zero attached hydrogens (tertiary/aromatic N) is 4. The summed E-state index contributed by atoms with van der Waals surface area (Å²) in [6.45, 7) is 2.17. The molecular weight excluding hydrogens is 423 g/mol. The summed E-state index contributed by atoms with van der Waals surface area (Å²) >= 11 is 0. The number of rotatable bonds is 6. The summed E-state index contributed by atoms with van der Waals surface area (Å²) in [5, 5.41) is 3.71. The maximum absolute atomic E-state index is 14.3. The molecule has 0 aliphatic carbocycles. The summed E-state index contributed by atoms with van der Waals surface area (Å²) < 4.78 is 47.0. The van der Waals surface area contributed by atoms with Gasteiger partial charge in [-0.05, 0) is 24.6 Å². The van der Waals surface area contributed by atoms with Crippen LogP contribution in [0, 0.1) is 12.7 Å². The van der Waals surface area contributed by atoms with Gasteiger partial charge in [0.1, 0.15) is 16.8 Å². The third kappa shape index (κ3) is 4.35. The van der Waals surface area contributed by atoms with Crippen molar-refractivity contribution in [2.75, 3.05) is 13.1 Å². The first-order valence-corrected chi connectivity index (χ1v) is 11.2. The zero-order valence-electron chi connectivity index (χ0n) is 16.8. The molecule has 1 unspecified atom stereocenters. The van der Waals surface area contributed by atoms with Gasteiger partial charge < -0.3 is 9.42 Å². The van der Waals surface area contributed by atoms with Crippen LogP contribution in [0.3, 0.4) is 0 Å². The molecule has 8 nitrogen and oxygen atoms in total. The summed E-state index contributed by atoms with van der Waals surface area (Å²) in [7, 11) is -4.26. The summed E-state index contributed by atoms with van der Waals surface area (Å²) in [6.07, 6.45) is -0.0986. The van der Waals surface area contributed by atoms with Crippen LogP contribution in [0.1, 0.15) is 17.3 Å². The monoisotopic (exact) mass is 444 g/mol. The number of carbonyl (C=O) groups excluding carboxylic acids is 1. The standard InChI is InChI=1S/C21H21FN4O4S/c1-15-23-20(30-24-15)13-18-21(27)25(14-16-7-3-2-4-8-16)11-12-26(18)31(28,29)19-10-6-5-9-17(19)22/h2-10,18H,11-14H2,1H3. The van der Waals surface area contributed by atoms with Crippen molar-refractivity contribution in [2.24, 2.45) is 0 Å². The Bertz CT molecular complexity index is 1180. The molecule has 0 radical (unpaired) electrons. The van der Waals surface area contributed by atoms with Gasteiger partial charge in [0, 0.05) is 19.6 Å². The lowest BCUT2D eigenvalue weighted by molar-refractivity contribution is -0.139. The van der Waals surface area contributed by atoms with Crippen LogP contribution in [-0.4, -0.2) is 52.8 Å². The van der Waals surface area contributed by atoms with Gasteiger partial charge in [-0.1, -0.05) is 47.6 Å². The number of carbonyl (C=O) groups is 1. The first kappa shape index (κ1) is 21.1. The maximum Gasteiger partial charge on any atom is 0.246 e. The van der Waals surface area contributed by atoms with Crippen LogP contribution in [0.5, 0.6) is 0 Å². The quantitative estimate of drug-likeness (QED) is 0.578. The van der Waals surface area contributed by atoms with Crippen molar-refractivity contribution >= 4 is 15.9 Å². The van der Waals surface area contributed by atoms with E-state index in [0.717, 1.165) is 15.9 Å². The lowest BCUT2D eigenvalue weighted by atomic mass is 10.1. The van der Waals surface area contributed by atoms with E-state index in [4.69, 9.17) is 4.52 Å². The minimum atomic E-state index is -4.26. The number of hydrogen-bond donors (Lipinski definition) is 0. The van der Waals surface area contributed by atoms with E-state index < -0.39 is 32.7 Å². The van der Waals surface area contributed by atoms with Crippen LogP contribution in [0.2, 0.25) is 0 Å². The fraction of sp³-hybridized carbons (Fsp3) is 0.286. The van der Waals surface area contributed by atoms with Crippen molar-refractivity contribution in [3.8, 4) is 0 Å². The van der Waals surface area contributed by atoms with E-state index >= 15 is 0 Å². The Morgan fingerprint density at radius 1 is 1.10 bits per heavy atom. The molecule has 1 fully saturated rings. The molecule has 1 atom stereocenters. The topological polar surface area (TPSA) is 96.6 Å². The number of aromatic nitrogens is 2. The molecule has 0 saturated carbocycles. The fourth-order valence-corrected chi connectivity index (χ4v) is 5.26. The molecule has 0 N–H and O–H groups in total. The summed E-state index contributed by atoms with van der Waals surface area (Å²) in [4.78, 5) is 18.6. The van der Waals surface area contributed by atoms with Gasteiger partial charge in [-0.25, -0.2) is 12.8 Å². The first-order chi connectivity index (χ1) is 14.9. The third-order valence-electron chi connectivity index (χ3n) is 5.11. The summed E-state index contributed by atoms with van der Waals surface area (Å²) in [5.74, 6) is -0.742. The van der Waals surface area contributed by atoms with Gasteiger partial charge >= 0.3 is 0 Å². The lowest BCUT2D eigenvalue weighted by Gasteiger charge is -2.39. The van der Waals surface area contributed by atoms with Crippen molar-refractivity contribution in [1.29, 1.82) is 0 Å². The minimum absolute atomic E-state index is 0.0209. The zero-order valence-corrected chi connectivity index (χ0v) is 17.6. The van der Waals surface area contributed by atoms with E-state index in [1.54, 1.807) is 11.8 Å². The normalized spacial score (nSPS) is 17.8. The van der Waals surface area contributed by atoms with Crippen molar-refractivity contribution in [3.05, 3.63) is 77.7 Å². The van der Waals surface area contributed by atoms with Crippen LogP contribution in [0.25, 0.3) is 0 Å². The van der Waals surface area contributed by atoms with E-state index in [9.17, 15) is 17.6 Å². The van der Waals surface area contributed by atoms with Crippen LogP contribution < -0.4 is 0 Å². The average molecular weight is 444 g/mol. The highest BCUT2D eigenvalue weighted by atomic mass is 32.2. The zero-order chi connectivity index (χ0) is 22.0. The van der Waals surface area contributed by atoms with Crippen molar-refractivity contribution in [3.63, 3.8) is 0 Å². The second-order valence-electron chi connectivity index (χ2n) is 7.25. The van der Waals surface area contributed by atoms with Gasteiger partial charge in [0.05, 0.1) is 6.42 Å². The van der Waals surface area contributed by atoms with Crippen molar-refractivity contribution < 1.29 is 22.1 Å². The van der Waals surface area contributed by atoms with Crippen molar-refractivity contribution in [2.45, 2.75) is 30.8 Å². The number of amides is 1. The molecule has 2 heterocycles. The highest BCUT2D eigenvalue weighted by Crippen LogP contribution is 2.26. The molecule has 3 aromatic rings. The van der Waals surface area contributed by atoms with E-state index in [2.05, 4.69) is 10.1 Å². The number of halogens is 1. The van der Waals surface area contributed by atoms with E-state index in [1.807, 2.05) is 30.3 Å². The third-order valence-corrected chi connectivity index (χ3v) is 7.05. The number of piperazine rings is 1. The maximum atomic E-state index is 14.3. The van der Waals surface area contributed by atoms with E-state index in [1.165, 1.54) is 18.2 Å². The Kier molecular flexibility index (Phi) is 5.84. The number of hydrogen-bond acceptors (Lipinski definition) is 6. The summed E-state index contributed by atoms with van der Waals surface area (Å²) in [5.41, 5.74) is 0.925. The fourth-order valence-electron chi connectivity index (χ4n) is 3.63. The molecule has 162 valence electrons. The first-order valence-electron chi connectivity index (χ1n) is 9.74. The van der Waals surface area contributed by atoms with E-state index in [-0.39, 0.29) is 25.4 Å². The van der Waals surface area contributed by atoms with Gasteiger partial charge in [0.2, 0.25) is 21.8 Å². The second kappa shape index (κ2) is 8.56. The van der Waals surface area contributed by atoms with Crippen LogP contribution >= 0.6 is 0 Å². The Labute approximate surface area is 179 Å². The Morgan fingerprint density at radius 3 is 2.48 bits per heavy atom. The molecular formula is C21H21FN4O4S. The SMILES string of the molecule is Cc1noc(CC2C(=O)N(Cc3ccccc3)CCN2S(=O)(=O)c2ccccc2F)n1. The number of aryl methyl sites for hydroxylation is 1. The van der Waals surface area contributed by atoms with E-state index in [0.29, 0.717) is 12.4 Å². The molecule has 1 saturated heterocycles. The smallest absolute Gasteiger partial charge is 0.246 e. The Balaban J connectivity index is 1.67. The number of benzene rings is 2. The molecule has 0 bridgehead atoms. The largest absolute Gasteiger partial charge is 0.339 e. The molecule has 10 heteroatoms. The lowest BCUT2D eigenvalue weighted by Crippen LogP contribution is -2.59. The van der Waals surface area contributed by atoms with Crippen molar-refractivity contribution in [1.82, 2.24) is 19.3 Å². The molecule has 0 spiro atoms. The molecule has 1 aliphatic rings.